The first-order chi connectivity index (χ1) is 7.94. The quantitative estimate of drug-likeness (QED) is 0.870. The number of ether oxygens (including phenoxy) is 2. The van der Waals surface area contributed by atoms with Crippen molar-refractivity contribution in [3.8, 4) is 0 Å². The van der Waals surface area contributed by atoms with E-state index in [1.807, 2.05) is 13.8 Å². The molecule has 0 aliphatic carbocycles. The Labute approximate surface area is 110 Å². The van der Waals surface area contributed by atoms with E-state index in [1.54, 1.807) is 25.1 Å². The number of hydrogen-bond acceptors (Lipinski definition) is 4. The van der Waals surface area contributed by atoms with Crippen molar-refractivity contribution in [2.45, 2.75) is 32.1 Å². The number of aromatic nitrogens is 2. The molecule has 1 aromatic heterocycles. The van der Waals surface area contributed by atoms with Crippen molar-refractivity contribution >= 4 is 15.9 Å². The number of nitrogens with zero attached hydrogens (tertiary/aromatic N) is 2. The fourth-order valence-corrected chi connectivity index (χ4v) is 1.95. The van der Waals surface area contributed by atoms with E-state index in [2.05, 4.69) is 21.0 Å². The van der Waals surface area contributed by atoms with E-state index in [9.17, 15) is 5.11 Å². The summed E-state index contributed by atoms with van der Waals surface area (Å²) in [5, 5.41) is 14.5. The van der Waals surface area contributed by atoms with Gasteiger partial charge in [-0.1, -0.05) is 0 Å². The zero-order valence-corrected chi connectivity index (χ0v) is 12.2. The van der Waals surface area contributed by atoms with Crippen LogP contribution in [0.2, 0.25) is 0 Å². The number of hydrogen-bond donors (Lipinski definition) is 1. The molecule has 5 nitrogen and oxygen atoms in total. The molecular formula is C11H19BrN2O3. The summed E-state index contributed by atoms with van der Waals surface area (Å²) in [5.74, 6) is 0. The highest BCUT2D eigenvalue weighted by atomic mass is 79.9. The van der Waals surface area contributed by atoms with Gasteiger partial charge in [-0.3, -0.25) is 4.68 Å². The third-order valence-corrected chi connectivity index (χ3v) is 3.40. The van der Waals surface area contributed by atoms with Gasteiger partial charge in [-0.25, -0.2) is 0 Å². The molecule has 6 heteroatoms. The van der Waals surface area contributed by atoms with Gasteiger partial charge in [-0.05, 0) is 29.8 Å². The number of rotatable bonds is 6. The first-order valence-electron chi connectivity index (χ1n) is 5.37. The zero-order valence-electron chi connectivity index (χ0n) is 10.6. The van der Waals surface area contributed by atoms with Gasteiger partial charge in [0.25, 0.3) is 0 Å². The van der Waals surface area contributed by atoms with Crippen molar-refractivity contribution in [1.29, 1.82) is 0 Å². The number of aliphatic hydroxyl groups is 1. The van der Waals surface area contributed by atoms with Gasteiger partial charge in [-0.15, -0.1) is 0 Å². The summed E-state index contributed by atoms with van der Waals surface area (Å²) in [5.41, 5.74) is 0.0294. The predicted octanol–water partition coefficient (Wildman–Crippen LogP) is 1.75. The van der Waals surface area contributed by atoms with Crippen LogP contribution in [0.25, 0.3) is 0 Å². The van der Waals surface area contributed by atoms with Gasteiger partial charge in [0.15, 0.2) is 0 Å². The van der Waals surface area contributed by atoms with E-state index < -0.39 is 11.7 Å². The molecule has 1 aromatic rings. The van der Waals surface area contributed by atoms with Gasteiger partial charge in [0.05, 0.1) is 35.1 Å². The van der Waals surface area contributed by atoms with Crippen molar-refractivity contribution < 1.29 is 14.6 Å². The molecular weight excluding hydrogens is 288 g/mol. The minimum Gasteiger partial charge on any atom is -0.384 e. The van der Waals surface area contributed by atoms with Crippen LogP contribution >= 0.6 is 15.9 Å². The average Bonchev–Trinajstić information content (AvgIpc) is 2.66. The van der Waals surface area contributed by atoms with E-state index in [-0.39, 0.29) is 0 Å². The second-order valence-electron chi connectivity index (χ2n) is 4.30. The van der Waals surface area contributed by atoms with E-state index in [0.29, 0.717) is 18.8 Å². The average molecular weight is 307 g/mol. The van der Waals surface area contributed by atoms with E-state index in [1.165, 1.54) is 0 Å². The predicted molar refractivity (Wildman–Crippen MR) is 67.9 cm³/mol. The molecule has 0 amide bonds. The van der Waals surface area contributed by atoms with Crippen molar-refractivity contribution in [2.24, 2.45) is 0 Å². The Kier molecular flexibility index (Phi) is 5.12. The minimum atomic E-state index is -0.763. The summed E-state index contributed by atoms with van der Waals surface area (Å²) in [6, 6.07) is 0. The van der Waals surface area contributed by atoms with Crippen LogP contribution < -0.4 is 0 Å². The molecule has 1 heterocycles. The monoisotopic (exact) mass is 306 g/mol. The highest BCUT2D eigenvalue weighted by Crippen LogP contribution is 2.32. The van der Waals surface area contributed by atoms with Crippen molar-refractivity contribution in [3.05, 3.63) is 16.4 Å². The first kappa shape index (κ1) is 14.6. The zero-order chi connectivity index (χ0) is 13.1. The van der Waals surface area contributed by atoms with Crippen LogP contribution in [0.4, 0.5) is 0 Å². The highest BCUT2D eigenvalue weighted by molar-refractivity contribution is 9.10. The van der Waals surface area contributed by atoms with E-state index in [4.69, 9.17) is 9.47 Å². The highest BCUT2D eigenvalue weighted by Gasteiger charge is 2.33. The molecule has 0 radical (unpaired) electrons. The van der Waals surface area contributed by atoms with Gasteiger partial charge >= 0.3 is 0 Å². The smallest absolute Gasteiger partial charge is 0.125 e. The first-order valence-corrected chi connectivity index (χ1v) is 6.16. The summed E-state index contributed by atoms with van der Waals surface area (Å²) in [6.45, 7) is 4.80. The molecule has 98 valence electrons. The number of halogens is 1. The molecule has 0 aliphatic heterocycles. The van der Waals surface area contributed by atoms with Crippen LogP contribution in [0.3, 0.4) is 0 Å². The minimum absolute atomic E-state index is 0.543. The SMILES string of the molecule is COCCn1ncc(Br)c1C(O)C(C)(C)OC. The molecule has 1 N–H and O–H groups in total. The molecule has 1 unspecified atom stereocenters. The third-order valence-electron chi connectivity index (χ3n) is 2.78. The molecule has 1 rings (SSSR count). The Morgan fingerprint density at radius 1 is 1.53 bits per heavy atom. The molecule has 0 bridgehead atoms. The number of aliphatic hydroxyl groups excluding tert-OH is 1. The Bertz CT molecular complexity index is 366. The summed E-state index contributed by atoms with van der Waals surface area (Å²) in [6.07, 6.45) is 0.904. The van der Waals surface area contributed by atoms with Crippen molar-refractivity contribution in [2.75, 3.05) is 20.8 Å². The molecule has 0 aliphatic rings. The standard InChI is InChI=1S/C11H19BrN2O3/c1-11(2,17-4)10(15)9-8(12)7-13-14(9)5-6-16-3/h7,10,15H,5-6H2,1-4H3. The second kappa shape index (κ2) is 5.95. The fourth-order valence-electron chi connectivity index (χ4n) is 1.44. The normalized spacial score (nSPS) is 14.0. The summed E-state index contributed by atoms with van der Waals surface area (Å²) < 4.78 is 12.8. The Balaban J connectivity index is 2.99. The Hall–Kier alpha value is -0.430. The molecule has 0 saturated carbocycles. The summed E-state index contributed by atoms with van der Waals surface area (Å²) >= 11 is 3.39. The fraction of sp³-hybridized carbons (Fsp3) is 0.727. The largest absolute Gasteiger partial charge is 0.384 e. The van der Waals surface area contributed by atoms with Crippen LogP contribution in [0, 0.1) is 0 Å². The number of methoxy groups -OCH3 is 2. The lowest BCUT2D eigenvalue weighted by molar-refractivity contribution is -0.0831. The van der Waals surface area contributed by atoms with Crippen LogP contribution in [0.15, 0.2) is 10.7 Å². The van der Waals surface area contributed by atoms with Crippen LogP contribution in [0.5, 0.6) is 0 Å². The maximum Gasteiger partial charge on any atom is 0.125 e. The maximum absolute atomic E-state index is 10.3. The van der Waals surface area contributed by atoms with E-state index in [0.717, 1.165) is 4.47 Å². The lowest BCUT2D eigenvalue weighted by atomic mass is 9.98. The summed E-state index contributed by atoms with van der Waals surface area (Å²) in [7, 11) is 3.21. The molecule has 17 heavy (non-hydrogen) atoms. The molecule has 0 saturated heterocycles. The molecule has 0 spiro atoms. The maximum atomic E-state index is 10.3. The Morgan fingerprint density at radius 2 is 2.18 bits per heavy atom. The molecule has 1 atom stereocenters. The third kappa shape index (κ3) is 3.28. The molecule has 0 aromatic carbocycles. The topological polar surface area (TPSA) is 56.5 Å². The van der Waals surface area contributed by atoms with Crippen molar-refractivity contribution in [3.63, 3.8) is 0 Å². The van der Waals surface area contributed by atoms with Gasteiger partial charge < -0.3 is 14.6 Å². The van der Waals surface area contributed by atoms with Crippen LogP contribution in [-0.2, 0) is 16.0 Å². The van der Waals surface area contributed by atoms with Gasteiger partial charge in [0.1, 0.15) is 6.10 Å². The van der Waals surface area contributed by atoms with E-state index >= 15 is 0 Å². The lowest BCUT2D eigenvalue weighted by Crippen LogP contribution is -2.33. The Morgan fingerprint density at radius 3 is 2.71 bits per heavy atom. The lowest BCUT2D eigenvalue weighted by Gasteiger charge is -2.29. The van der Waals surface area contributed by atoms with Crippen LogP contribution in [-0.4, -0.2) is 41.3 Å². The van der Waals surface area contributed by atoms with Crippen molar-refractivity contribution in [1.82, 2.24) is 9.78 Å². The summed E-state index contributed by atoms with van der Waals surface area (Å²) in [4.78, 5) is 0. The van der Waals surface area contributed by atoms with Gasteiger partial charge in [-0.2, -0.15) is 5.10 Å². The molecule has 0 fully saturated rings. The second-order valence-corrected chi connectivity index (χ2v) is 5.16. The van der Waals surface area contributed by atoms with Crippen LogP contribution in [0.1, 0.15) is 25.6 Å². The van der Waals surface area contributed by atoms with Gasteiger partial charge in [0, 0.05) is 14.2 Å². The van der Waals surface area contributed by atoms with Gasteiger partial charge in [0.2, 0.25) is 0 Å².